The van der Waals surface area contributed by atoms with E-state index in [9.17, 15) is 9.90 Å². The summed E-state index contributed by atoms with van der Waals surface area (Å²) < 4.78 is -0.517. The molecule has 0 saturated carbocycles. The van der Waals surface area contributed by atoms with Gasteiger partial charge in [-0.1, -0.05) is 0 Å². The third-order valence-electron chi connectivity index (χ3n) is 1.95. The predicted molar refractivity (Wildman–Crippen MR) is 60.2 cm³/mol. The second kappa shape index (κ2) is 5.12. The van der Waals surface area contributed by atoms with Crippen molar-refractivity contribution < 1.29 is 9.90 Å². The fraction of sp³-hybridized carbons (Fsp3) is 0.875. The van der Waals surface area contributed by atoms with Crippen molar-refractivity contribution in [1.82, 2.24) is 0 Å². The number of thiol groups is 2. The highest BCUT2D eigenvalue weighted by Crippen LogP contribution is 2.23. The molecule has 3 nitrogen and oxygen atoms in total. The van der Waals surface area contributed by atoms with E-state index in [2.05, 4.69) is 25.3 Å². The minimum absolute atomic E-state index is 0.315. The van der Waals surface area contributed by atoms with Crippen LogP contribution in [0.1, 0.15) is 20.3 Å². The van der Waals surface area contributed by atoms with Crippen LogP contribution >= 0.6 is 25.3 Å². The maximum atomic E-state index is 10.8. The summed E-state index contributed by atoms with van der Waals surface area (Å²) in [6, 6.07) is 0. The quantitative estimate of drug-likeness (QED) is 0.512. The van der Waals surface area contributed by atoms with E-state index in [4.69, 9.17) is 5.73 Å². The highest BCUT2D eigenvalue weighted by molar-refractivity contribution is 7.81. The van der Waals surface area contributed by atoms with Gasteiger partial charge in [-0.25, -0.2) is 0 Å². The van der Waals surface area contributed by atoms with Gasteiger partial charge in [-0.05, 0) is 20.3 Å². The van der Waals surface area contributed by atoms with Gasteiger partial charge in [0.1, 0.15) is 0 Å². The van der Waals surface area contributed by atoms with E-state index in [-0.39, 0.29) is 5.92 Å². The minimum Gasteiger partial charge on any atom is -0.392 e. The van der Waals surface area contributed by atoms with E-state index in [0.29, 0.717) is 12.2 Å². The Bertz CT molecular complexity index is 179. The molecule has 0 aliphatic rings. The predicted octanol–water partition coefficient (Wildman–Crippen LogP) is 0.477. The number of hydrogen-bond acceptors (Lipinski definition) is 4. The first-order valence-electron chi connectivity index (χ1n) is 4.09. The monoisotopic (exact) mass is 223 g/mol. The number of carbonyl (C=O) groups is 1. The van der Waals surface area contributed by atoms with Gasteiger partial charge < -0.3 is 10.8 Å². The summed E-state index contributed by atoms with van der Waals surface area (Å²) in [5, 5.41) is 9.62. The summed E-state index contributed by atoms with van der Waals surface area (Å²) >= 11 is 8.19. The molecule has 0 heterocycles. The molecule has 78 valence electrons. The summed E-state index contributed by atoms with van der Waals surface area (Å²) in [5.74, 6) is -0.452. The molecule has 1 amide bonds. The topological polar surface area (TPSA) is 63.3 Å². The van der Waals surface area contributed by atoms with Crippen LogP contribution in [0.2, 0.25) is 0 Å². The summed E-state index contributed by atoms with van der Waals surface area (Å²) in [6.45, 7) is 3.58. The van der Waals surface area contributed by atoms with E-state index in [0.717, 1.165) is 0 Å². The number of primary amides is 1. The fourth-order valence-electron chi connectivity index (χ4n) is 0.839. The molecule has 0 aliphatic heterocycles. The van der Waals surface area contributed by atoms with Crippen LogP contribution in [-0.4, -0.2) is 27.6 Å². The highest BCUT2D eigenvalue weighted by Gasteiger charge is 2.27. The molecule has 0 aliphatic carbocycles. The molecule has 0 bridgehead atoms. The van der Waals surface area contributed by atoms with E-state index in [1.54, 1.807) is 13.8 Å². The summed E-state index contributed by atoms with van der Waals surface area (Å²) in [6.07, 6.45) is -0.338. The molecule has 0 aromatic rings. The van der Waals surface area contributed by atoms with Crippen molar-refractivity contribution in [2.75, 3.05) is 5.75 Å². The van der Waals surface area contributed by atoms with Crippen LogP contribution in [0.3, 0.4) is 0 Å². The molecule has 2 unspecified atom stereocenters. The molecule has 3 N–H and O–H groups in total. The number of aliphatic hydroxyl groups is 1. The van der Waals surface area contributed by atoms with E-state index < -0.39 is 16.8 Å². The third-order valence-corrected chi connectivity index (χ3v) is 2.68. The lowest BCUT2D eigenvalue weighted by Gasteiger charge is -2.26. The zero-order valence-corrected chi connectivity index (χ0v) is 9.69. The van der Waals surface area contributed by atoms with Crippen LogP contribution in [0.15, 0.2) is 0 Å². The lowest BCUT2D eigenvalue weighted by molar-refractivity contribution is -0.122. The number of rotatable bonds is 5. The van der Waals surface area contributed by atoms with Crippen molar-refractivity contribution in [3.8, 4) is 0 Å². The zero-order chi connectivity index (χ0) is 10.6. The fourth-order valence-corrected chi connectivity index (χ4v) is 1.27. The Morgan fingerprint density at radius 2 is 2.08 bits per heavy atom. The normalized spacial score (nSPS) is 16.7. The van der Waals surface area contributed by atoms with Crippen molar-refractivity contribution in [2.45, 2.75) is 31.1 Å². The molecule has 0 rings (SSSR count). The first kappa shape index (κ1) is 13.1. The molecule has 0 fully saturated rings. The Labute approximate surface area is 89.9 Å². The highest BCUT2D eigenvalue weighted by atomic mass is 32.1. The summed E-state index contributed by atoms with van der Waals surface area (Å²) in [5.41, 5.74) is 5.11. The first-order valence-corrected chi connectivity index (χ1v) is 5.17. The Kier molecular flexibility index (Phi) is 5.17. The number of amides is 1. The summed E-state index contributed by atoms with van der Waals surface area (Å²) in [4.78, 5) is 10.8. The number of aliphatic hydroxyl groups excluding tert-OH is 1. The lowest BCUT2D eigenvalue weighted by Crippen LogP contribution is -2.36. The van der Waals surface area contributed by atoms with Crippen LogP contribution in [0, 0.1) is 5.92 Å². The lowest BCUT2D eigenvalue weighted by atomic mass is 9.95. The Morgan fingerprint density at radius 1 is 1.62 bits per heavy atom. The van der Waals surface area contributed by atoms with Gasteiger partial charge in [0.25, 0.3) is 0 Å². The van der Waals surface area contributed by atoms with Crippen molar-refractivity contribution >= 4 is 31.2 Å². The molecular weight excluding hydrogens is 206 g/mol. The van der Waals surface area contributed by atoms with Crippen molar-refractivity contribution in [1.29, 1.82) is 0 Å². The van der Waals surface area contributed by atoms with Gasteiger partial charge >= 0.3 is 0 Å². The van der Waals surface area contributed by atoms with Crippen LogP contribution in [0.25, 0.3) is 0 Å². The molecule has 0 radical (unpaired) electrons. The third kappa shape index (κ3) is 4.78. The average molecular weight is 223 g/mol. The van der Waals surface area contributed by atoms with Gasteiger partial charge in [0.05, 0.1) is 6.10 Å². The Balaban J connectivity index is 4.17. The Morgan fingerprint density at radius 3 is 2.31 bits per heavy atom. The molecule has 0 spiro atoms. The van der Waals surface area contributed by atoms with Crippen molar-refractivity contribution in [2.24, 2.45) is 11.7 Å². The number of hydrogen-bond donors (Lipinski definition) is 4. The smallest absolute Gasteiger partial charge is 0.221 e. The largest absolute Gasteiger partial charge is 0.392 e. The van der Waals surface area contributed by atoms with Crippen molar-refractivity contribution in [3.63, 3.8) is 0 Å². The van der Waals surface area contributed by atoms with E-state index in [1.165, 1.54) is 0 Å². The molecule has 0 aromatic heterocycles. The molecule has 0 saturated heterocycles. The molecule has 5 heteroatoms. The number of carbonyl (C=O) groups excluding carboxylic acids is 1. The van der Waals surface area contributed by atoms with E-state index in [1.807, 2.05) is 0 Å². The van der Waals surface area contributed by atoms with E-state index >= 15 is 0 Å². The summed E-state index contributed by atoms with van der Waals surface area (Å²) in [7, 11) is 0. The van der Waals surface area contributed by atoms with Crippen molar-refractivity contribution in [3.05, 3.63) is 0 Å². The maximum Gasteiger partial charge on any atom is 0.221 e. The molecule has 13 heavy (non-hydrogen) atoms. The van der Waals surface area contributed by atoms with Crippen LogP contribution in [0.5, 0.6) is 0 Å². The van der Waals surface area contributed by atoms with Crippen LogP contribution in [-0.2, 0) is 4.79 Å². The number of nitrogens with two attached hydrogens (primary N) is 1. The molecule has 0 aromatic carbocycles. The molecular formula is C8H17NO2S2. The second-order valence-corrected chi connectivity index (χ2v) is 5.20. The standard InChI is InChI=1S/C8H17NO2S2/c1-8(2,13)6(10)3-5(4-12)7(9)11/h5-6,10,12-13H,3-4H2,1-2H3,(H2,9,11). The van der Waals surface area contributed by atoms with Gasteiger partial charge in [0.2, 0.25) is 5.91 Å². The van der Waals surface area contributed by atoms with Crippen LogP contribution in [0.4, 0.5) is 0 Å². The SMILES string of the molecule is CC(C)(S)C(O)CC(CS)C(N)=O. The van der Waals surface area contributed by atoms with Gasteiger partial charge in [-0.15, -0.1) is 0 Å². The maximum absolute atomic E-state index is 10.8. The van der Waals surface area contributed by atoms with Crippen LogP contribution < -0.4 is 5.73 Å². The minimum atomic E-state index is -0.652. The zero-order valence-electron chi connectivity index (χ0n) is 7.90. The average Bonchev–Trinajstić information content (AvgIpc) is 1.96. The van der Waals surface area contributed by atoms with Gasteiger partial charge in [0.15, 0.2) is 0 Å². The second-order valence-electron chi connectivity index (χ2n) is 3.69. The van der Waals surface area contributed by atoms with Gasteiger partial charge in [-0.2, -0.15) is 25.3 Å². The Hall–Kier alpha value is 0.130. The van der Waals surface area contributed by atoms with Gasteiger partial charge in [0, 0.05) is 16.4 Å². The molecule has 2 atom stereocenters. The first-order chi connectivity index (χ1) is 5.79. The van der Waals surface area contributed by atoms with Gasteiger partial charge in [-0.3, -0.25) is 4.79 Å².